The summed E-state index contributed by atoms with van der Waals surface area (Å²) in [4.78, 5) is 72.7. The van der Waals surface area contributed by atoms with E-state index in [-0.39, 0.29) is 60.7 Å². The van der Waals surface area contributed by atoms with E-state index >= 15 is 0 Å². The first-order valence-corrected chi connectivity index (χ1v) is 59.8. The van der Waals surface area contributed by atoms with Gasteiger partial charge in [-0.15, -0.1) is 0 Å². The number of nitro groups is 1. The van der Waals surface area contributed by atoms with Gasteiger partial charge >= 0.3 is 34.0 Å². The van der Waals surface area contributed by atoms with E-state index in [9.17, 15) is 68.1 Å². The molecule has 0 saturated carbocycles. The number of nitrogen functional groups attached to an aromatic ring is 4. The normalized spacial score (nSPS) is 34.2. The van der Waals surface area contributed by atoms with Crippen LogP contribution in [-0.4, -0.2) is 278 Å². The predicted molar refractivity (Wildman–Crippen MR) is 502 cm³/mol. The Hall–Kier alpha value is -5.50. The molecular formula is C69H80Br3N20O29P5S7. The summed E-state index contributed by atoms with van der Waals surface area (Å²) in [7, 11) is 0. The number of alkyl halides is 1. The largest absolute Gasteiger partial charge is 0.397 e. The number of hydrogen-bond acceptors (Lipinski definition) is 50. The van der Waals surface area contributed by atoms with E-state index in [4.69, 9.17) is 110 Å². The third kappa shape index (κ3) is 20.5. The maximum atomic E-state index is 13.2. The van der Waals surface area contributed by atoms with Crippen molar-refractivity contribution in [2.45, 2.75) is 134 Å². The number of aliphatic hydroxyl groups excluding tert-OH is 5. The molecule has 15 unspecified atom stereocenters. The molecule has 0 spiro atoms. The van der Waals surface area contributed by atoms with Crippen LogP contribution in [0, 0.1) is 14.9 Å². The number of aromatic nitrogens is 12. The number of Topliss-reactive ketones (excluding diaryl/α,β-unsaturated/α-hetero) is 2. The summed E-state index contributed by atoms with van der Waals surface area (Å²) < 4.78 is 153. The number of ketones is 2. The summed E-state index contributed by atoms with van der Waals surface area (Å²) in [5, 5.41) is 64.7. The second kappa shape index (κ2) is 41.0. The van der Waals surface area contributed by atoms with Gasteiger partial charge in [0.2, 0.25) is 11.6 Å². The minimum Gasteiger partial charge on any atom is -0.397 e. The molecule has 8 aromatic heterocycles. The lowest BCUT2D eigenvalue weighted by atomic mass is 10.1. The van der Waals surface area contributed by atoms with Crippen LogP contribution in [0.5, 0.6) is 0 Å². The van der Waals surface area contributed by atoms with Gasteiger partial charge in [0.1, 0.15) is 125 Å². The maximum absolute atomic E-state index is 13.2. The number of fused-ring (bicyclic) bond motifs is 9. The van der Waals surface area contributed by atoms with Crippen LogP contribution in [-0.2, 0) is 107 Å². The topological polar surface area (TPSA) is 674 Å². The van der Waals surface area contributed by atoms with E-state index < -0.39 is 173 Å². The predicted octanol–water partition coefficient (Wildman–Crippen LogP) is 9.54. The molecule has 25 atom stereocenters. The third-order valence-electron chi connectivity index (χ3n) is 21.6. The standard InChI is InChI=1S/C18H17BrN5O7PS.C16H18BrN4O7PS2.C12H14BrN4O5PS.C12H15N4O5PS2.C11H16N3O5PS/c19-18-22-13-11(20)5-6-21-16(13)23(18)17-14(25)15-12(30-17)7-29-32(28,31-15)33-8-9-1-3-10(4-2-9)24(26)27;1-30-29(25)26-5-10-13(28-29)12(24)15(27-10)21-14-11(7(18)2-3-19-14)20-16(21)31-6-9(23)8(22)4-17;1-24-23(19)20-4-6-9(22-23)8(18)11(21-6)17-10-7(16-12(17)13)5(14)2-3-15-10;1-24-22(18)19-4-6-9(21-22)8(17)11(20-6)16-10-7(15-12(16)23)5(13)2-3-14-10;1-6-13-8(12)3-4-14(6)11-9(15)10-7(18-11)5-17-20(16,19-10)21-2/h1-6,12,14-15,17,25H,7-8H2,(H2,20,21);2-3,10,12-13,15,24H,4-6H2,1H3,(H2,18,19);2-3,6,8-9,11,18H,4H2,1H3,(H2,14,15);2-3,6,8-9,11,17H,4H2,1H3,(H2,13,14)(H,15,23);3-4,7,9-11,15H,1,5H2,2H3,(H2,12,13)/t12-,14?,15?,17-,32?;10-,12?,13?,15-,29?;6-,8?,9?,11-,23?;6-,8?,9?,11-,22?;7-,9?,10?,11-,20?/m11111/s1. The van der Waals surface area contributed by atoms with Crippen molar-refractivity contribution in [3.8, 4) is 0 Å². The van der Waals surface area contributed by atoms with Crippen LogP contribution >= 0.6 is 163 Å². The fraction of sp³-hybridized carbons (Fsp3) is 0.464. The van der Waals surface area contributed by atoms with Gasteiger partial charge in [0.25, 0.3) is 5.69 Å². The minimum atomic E-state index is -3.62. The van der Waals surface area contributed by atoms with Crippen LogP contribution in [0.1, 0.15) is 30.5 Å². The molecule has 19 heterocycles. The number of benzene rings is 1. The molecule has 9 aromatic rings. The van der Waals surface area contributed by atoms with E-state index in [1.165, 1.54) is 29.1 Å². The quantitative estimate of drug-likeness (QED) is 0.00724. The van der Waals surface area contributed by atoms with E-state index in [1.807, 2.05) is 0 Å². The molecule has 20 rings (SSSR count). The number of pyridine rings is 4. The molecule has 49 nitrogen and oxygen atoms in total. The summed E-state index contributed by atoms with van der Waals surface area (Å²) in [6.07, 6.45) is -0.955. The number of ether oxygens (including phenoxy) is 5. The number of nitrogens with two attached hydrogens (primary N) is 5. The number of halogens is 3. The number of nitro benzene ring substituents is 1. The molecule has 1 aromatic carbocycles. The number of carbonyl (C=O) groups is 2. The highest BCUT2D eigenvalue weighted by Gasteiger charge is 2.59. The minimum absolute atomic E-state index is 0.0146. The van der Waals surface area contributed by atoms with Gasteiger partial charge in [0.15, 0.2) is 73.1 Å². The maximum Gasteiger partial charge on any atom is 0.389 e. The smallest absolute Gasteiger partial charge is 0.389 e. The molecule has 0 radical (unpaired) electrons. The van der Waals surface area contributed by atoms with Crippen LogP contribution in [0.2, 0.25) is 0 Å². The molecule has 10 fully saturated rings. The third-order valence-corrected chi connectivity index (χ3v) is 41.4. The van der Waals surface area contributed by atoms with Gasteiger partial charge in [-0.3, -0.25) is 83.2 Å². The summed E-state index contributed by atoms with van der Waals surface area (Å²) in [6, 6.07) is 12.4. The number of rotatable bonds is 18. The lowest BCUT2D eigenvalue weighted by molar-refractivity contribution is -0.384. The molecule has 0 aliphatic carbocycles. The molecular weight excluding hydrogens is 2190 g/mol. The van der Waals surface area contributed by atoms with Gasteiger partial charge in [-0.25, -0.2) is 62.7 Å². The van der Waals surface area contributed by atoms with Gasteiger partial charge in [0, 0.05) is 48.9 Å². The van der Waals surface area contributed by atoms with Crippen molar-refractivity contribution in [3.63, 3.8) is 0 Å². The number of imidazole rings is 4. The zero-order chi connectivity index (χ0) is 95.0. The molecule has 16 N–H and O–H groups in total. The molecule has 0 amide bonds. The van der Waals surface area contributed by atoms with Crippen molar-refractivity contribution < 1.29 is 132 Å². The summed E-state index contributed by atoms with van der Waals surface area (Å²) in [6.45, 7) is -12.8. The number of amidine groups is 1. The Morgan fingerprint density at radius 3 is 1.29 bits per heavy atom. The molecule has 11 aliphatic rings. The zero-order valence-corrected chi connectivity index (χ0v) is 83.8. The van der Waals surface area contributed by atoms with Crippen molar-refractivity contribution >= 4 is 253 Å². The van der Waals surface area contributed by atoms with Gasteiger partial charge < -0.3 is 87.8 Å². The zero-order valence-electron chi connectivity index (χ0n) is 68.9. The van der Waals surface area contributed by atoms with E-state index in [1.54, 1.807) is 105 Å². The van der Waals surface area contributed by atoms with Crippen LogP contribution in [0.3, 0.4) is 0 Å². The second-order valence-corrected chi connectivity index (χ2v) is 53.6. The number of nitrogens with one attached hydrogen (secondary N) is 1. The molecule has 10 saturated heterocycles. The molecule has 11 aliphatic heterocycles. The number of aliphatic hydroxyl groups is 5. The van der Waals surface area contributed by atoms with Crippen LogP contribution in [0.25, 0.3) is 44.7 Å². The van der Waals surface area contributed by atoms with E-state index in [0.29, 0.717) is 98.9 Å². The van der Waals surface area contributed by atoms with Crippen LogP contribution in [0.4, 0.5) is 28.4 Å². The monoisotopic (exact) mass is 2270 g/mol. The van der Waals surface area contributed by atoms with Crippen LogP contribution in [0.15, 0.2) is 118 Å². The Labute approximate surface area is 805 Å². The van der Waals surface area contributed by atoms with Gasteiger partial charge in [0.05, 0.1) is 71.8 Å². The number of aliphatic imine (C=N–C) groups is 1. The number of H-pyrrole nitrogens is 1. The number of anilines is 4. The van der Waals surface area contributed by atoms with E-state index in [0.717, 1.165) is 68.7 Å². The number of thioether (sulfide) groups is 1. The first-order chi connectivity index (χ1) is 63.3. The highest BCUT2D eigenvalue weighted by atomic mass is 79.9. The van der Waals surface area contributed by atoms with Gasteiger partial charge in [-0.1, -0.05) is 46.4 Å². The van der Waals surface area contributed by atoms with Crippen molar-refractivity contribution in [2.24, 2.45) is 10.7 Å². The summed E-state index contributed by atoms with van der Waals surface area (Å²) in [5.41, 5.74) is 35.4. The van der Waals surface area contributed by atoms with Gasteiger partial charge in [-0.05, 0) is 162 Å². The molecule has 718 valence electrons. The number of nitrogens with zero attached hydrogens (tertiary/aromatic N) is 14. The Morgan fingerprint density at radius 2 is 0.887 bits per heavy atom. The number of non-ortho nitro benzene ring substituents is 1. The fourth-order valence-corrected chi connectivity index (χ4v) is 29.8. The highest BCUT2D eigenvalue weighted by Crippen LogP contribution is 2.69. The highest BCUT2D eigenvalue weighted by molar-refractivity contribution is 9.10. The second-order valence-electron chi connectivity index (χ2n) is 29.6. The van der Waals surface area contributed by atoms with Crippen molar-refractivity contribution in [2.75, 3.05) is 92.1 Å². The summed E-state index contributed by atoms with van der Waals surface area (Å²) >= 11 is 20.9. The van der Waals surface area contributed by atoms with Crippen molar-refractivity contribution in [1.82, 2.24) is 63.0 Å². The molecule has 133 heavy (non-hydrogen) atoms. The molecule has 64 heteroatoms. The number of aromatic amines is 1. The van der Waals surface area contributed by atoms with Crippen molar-refractivity contribution in [1.29, 1.82) is 0 Å². The Kier molecular flexibility index (Phi) is 31.0. The Balaban J connectivity index is 0.000000122. The first kappa shape index (κ1) is 100. The average molecular weight is 2270 g/mol. The lowest BCUT2D eigenvalue weighted by Crippen LogP contribution is -2.43. The average Bonchev–Trinajstić information content (AvgIpc) is 1.60. The van der Waals surface area contributed by atoms with Crippen LogP contribution < -0.4 is 28.7 Å². The summed E-state index contributed by atoms with van der Waals surface area (Å²) in [5.74, 6) is -0.382. The van der Waals surface area contributed by atoms with Crippen molar-refractivity contribution in [3.05, 3.63) is 128 Å². The van der Waals surface area contributed by atoms with E-state index in [2.05, 4.69) is 99.2 Å². The van der Waals surface area contributed by atoms with Gasteiger partial charge in [-0.2, -0.15) is 0 Å². The Bertz CT molecular complexity index is 6390. The fourth-order valence-electron chi connectivity index (χ4n) is 15.1. The Morgan fingerprint density at radius 1 is 0.526 bits per heavy atom. The SMILES string of the molecule is C=C1N=C(N)C=CN1[C@@H]1O[C@@H]2COP(=O)(SC)OC2C1O.CSP1(=O)OC[C@H]2O[C@@H](n3c(=S)[nH]c4c(N)ccnc43)C(O)C2O1.CSP1(=O)OC[C@H]2O[C@@H](n3c(Br)nc4c(N)ccnc43)C(O)C2O1.CSP1(=O)OC[C@H]2O[C@@H](n3c(SCC(=O)C(=O)CBr)nc4c(N)ccnc43)C(O)C2O1.Nc1ccnc2c1nc(Br)n2[C@@H]1O[C@@H]2COP(=O)(SCc3ccc([N+](=O)[O-])cc3)OC2C1O. The molecule has 0 bridgehead atoms. The lowest BCUT2D eigenvalue weighted by Gasteiger charge is -2.31. The first-order valence-electron chi connectivity index (χ1n) is 39.0. The number of hydrogen-bond donors (Lipinski definition) is 11. The number of carbonyl (C=O) groups excluding carboxylic acids is 2.